The second-order valence-corrected chi connectivity index (χ2v) is 8.14. The Labute approximate surface area is 158 Å². The molecule has 2 rings (SSSR count). The third-order valence-corrected chi connectivity index (χ3v) is 4.71. The summed E-state index contributed by atoms with van der Waals surface area (Å²) in [6, 6.07) is 6.60. The van der Waals surface area contributed by atoms with Crippen molar-refractivity contribution in [3.63, 3.8) is 0 Å². The molecule has 0 unspecified atom stereocenters. The Morgan fingerprint density at radius 2 is 1.54 bits per heavy atom. The molecule has 4 nitrogen and oxygen atoms in total. The zero-order valence-corrected chi connectivity index (χ0v) is 16.7. The molecule has 0 spiro atoms. The van der Waals surface area contributed by atoms with Crippen LogP contribution >= 0.6 is 0 Å². The molecule has 1 aliphatic heterocycles. The van der Waals surface area contributed by atoms with Crippen LogP contribution in [0.25, 0.3) is 0 Å². The number of benzene rings is 1. The average Bonchev–Trinajstić information content (AvgIpc) is 2.59. The molecular formula is C21H34FN3O. The van der Waals surface area contributed by atoms with E-state index in [1.165, 1.54) is 12.1 Å². The molecule has 5 heteroatoms. The lowest BCUT2D eigenvalue weighted by Gasteiger charge is -2.36. The van der Waals surface area contributed by atoms with Gasteiger partial charge in [-0.2, -0.15) is 0 Å². The Bertz CT molecular complexity index is 541. The van der Waals surface area contributed by atoms with Gasteiger partial charge >= 0.3 is 0 Å². The van der Waals surface area contributed by atoms with E-state index in [9.17, 15) is 9.18 Å². The minimum Gasteiger partial charge on any atom is -0.368 e. The van der Waals surface area contributed by atoms with Gasteiger partial charge in [0.15, 0.2) is 0 Å². The summed E-state index contributed by atoms with van der Waals surface area (Å²) >= 11 is 0. The predicted molar refractivity (Wildman–Crippen MR) is 106 cm³/mol. The summed E-state index contributed by atoms with van der Waals surface area (Å²) in [5.74, 6) is 1.27. The highest BCUT2D eigenvalue weighted by Gasteiger charge is 2.22. The van der Waals surface area contributed by atoms with Crippen LogP contribution in [0.5, 0.6) is 0 Å². The van der Waals surface area contributed by atoms with Gasteiger partial charge in [-0.25, -0.2) is 4.39 Å². The number of rotatable bonds is 8. The molecular weight excluding hydrogens is 329 g/mol. The first-order chi connectivity index (χ1) is 12.3. The van der Waals surface area contributed by atoms with Gasteiger partial charge in [-0.3, -0.25) is 4.79 Å². The molecule has 0 atom stereocenters. The molecule has 1 heterocycles. The Morgan fingerprint density at radius 1 is 1.00 bits per heavy atom. The number of piperazine rings is 1. The van der Waals surface area contributed by atoms with Crippen LogP contribution in [-0.4, -0.2) is 61.5 Å². The number of hydrogen-bond donors (Lipinski definition) is 0. The van der Waals surface area contributed by atoms with E-state index < -0.39 is 0 Å². The maximum Gasteiger partial charge on any atom is 0.223 e. The summed E-state index contributed by atoms with van der Waals surface area (Å²) in [4.78, 5) is 19.2. The van der Waals surface area contributed by atoms with Gasteiger partial charge in [0.1, 0.15) is 5.82 Å². The second-order valence-electron chi connectivity index (χ2n) is 8.14. The molecule has 0 aliphatic carbocycles. The number of amides is 1. The SMILES string of the molecule is CC(C)CN(CCC(=O)N1CCN(c2ccc(F)cc2)CC1)CC(C)C. The van der Waals surface area contributed by atoms with Crippen LogP contribution in [-0.2, 0) is 4.79 Å². The summed E-state index contributed by atoms with van der Waals surface area (Å²) < 4.78 is 13.1. The number of carbonyl (C=O) groups excluding carboxylic acids is 1. The molecule has 1 aromatic carbocycles. The molecule has 1 amide bonds. The first kappa shape index (κ1) is 20.7. The molecule has 0 radical (unpaired) electrons. The predicted octanol–water partition coefficient (Wildman–Crippen LogP) is 3.48. The highest BCUT2D eigenvalue weighted by atomic mass is 19.1. The fourth-order valence-corrected chi connectivity index (χ4v) is 3.57. The van der Waals surface area contributed by atoms with Crippen LogP contribution in [0.1, 0.15) is 34.1 Å². The van der Waals surface area contributed by atoms with Crippen molar-refractivity contribution < 1.29 is 9.18 Å². The Balaban J connectivity index is 1.79. The summed E-state index contributed by atoms with van der Waals surface area (Å²) in [5.41, 5.74) is 1.03. The number of nitrogens with zero attached hydrogens (tertiary/aromatic N) is 3. The number of halogens is 1. The molecule has 1 saturated heterocycles. The number of hydrogen-bond acceptors (Lipinski definition) is 3. The van der Waals surface area contributed by atoms with E-state index in [-0.39, 0.29) is 11.7 Å². The summed E-state index contributed by atoms with van der Waals surface area (Å²) in [5, 5.41) is 0. The van der Waals surface area contributed by atoms with Gasteiger partial charge in [-0.15, -0.1) is 0 Å². The molecule has 146 valence electrons. The standard InChI is InChI=1S/C21H34FN3O/c1-17(2)15-23(16-18(3)4)10-9-21(26)25-13-11-24(12-14-25)20-7-5-19(22)6-8-20/h5-8,17-18H,9-16H2,1-4H3. The van der Waals surface area contributed by atoms with Crippen LogP contribution in [0, 0.1) is 17.7 Å². The first-order valence-corrected chi connectivity index (χ1v) is 9.85. The van der Waals surface area contributed by atoms with Gasteiger partial charge in [0.05, 0.1) is 0 Å². The average molecular weight is 364 g/mol. The van der Waals surface area contributed by atoms with E-state index in [1.54, 1.807) is 0 Å². The summed E-state index contributed by atoms with van der Waals surface area (Å²) in [6.45, 7) is 14.9. The molecule has 0 N–H and O–H groups in total. The highest BCUT2D eigenvalue weighted by molar-refractivity contribution is 5.76. The monoisotopic (exact) mass is 363 g/mol. The minimum atomic E-state index is -0.213. The van der Waals surface area contributed by atoms with E-state index in [4.69, 9.17) is 0 Å². The molecule has 0 bridgehead atoms. The van der Waals surface area contributed by atoms with Crippen molar-refractivity contribution in [3.05, 3.63) is 30.1 Å². The van der Waals surface area contributed by atoms with Gasteiger partial charge in [0, 0.05) is 57.9 Å². The number of carbonyl (C=O) groups is 1. The Morgan fingerprint density at radius 3 is 2.04 bits per heavy atom. The molecule has 0 aromatic heterocycles. The zero-order chi connectivity index (χ0) is 19.1. The maximum atomic E-state index is 13.1. The van der Waals surface area contributed by atoms with Gasteiger partial charge < -0.3 is 14.7 Å². The molecule has 0 saturated carbocycles. The van der Waals surface area contributed by atoms with Gasteiger partial charge in [-0.1, -0.05) is 27.7 Å². The van der Waals surface area contributed by atoms with Crippen LogP contribution in [0.4, 0.5) is 10.1 Å². The highest BCUT2D eigenvalue weighted by Crippen LogP contribution is 2.17. The van der Waals surface area contributed by atoms with Gasteiger partial charge in [-0.05, 0) is 36.1 Å². The quantitative estimate of drug-likeness (QED) is 0.707. The van der Waals surface area contributed by atoms with Crippen LogP contribution in [0.3, 0.4) is 0 Å². The van der Waals surface area contributed by atoms with Crippen molar-refractivity contribution in [1.29, 1.82) is 0 Å². The lowest BCUT2D eigenvalue weighted by molar-refractivity contribution is -0.131. The number of anilines is 1. The van der Waals surface area contributed by atoms with Gasteiger partial charge in [0.25, 0.3) is 0 Å². The third kappa shape index (κ3) is 6.60. The molecule has 1 fully saturated rings. The van der Waals surface area contributed by atoms with Crippen molar-refractivity contribution in [2.75, 3.05) is 50.7 Å². The van der Waals surface area contributed by atoms with Crippen molar-refractivity contribution in [1.82, 2.24) is 9.80 Å². The molecule has 1 aromatic rings. The van der Waals surface area contributed by atoms with Crippen LogP contribution in [0.2, 0.25) is 0 Å². The largest absolute Gasteiger partial charge is 0.368 e. The normalized spacial score (nSPS) is 15.4. The first-order valence-electron chi connectivity index (χ1n) is 9.85. The Hall–Kier alpha value is -1.62. The van der Waals surface area contributed by atoms with Crippen molar-refractivity contribution in [2.45, 2.75) is 34.1 Å². The van der Waals surface area contributed by atoms with Crippen molar-refractivity contribution >= 4 is 11.6 Å². The van der Waals surface area contributed by atoms with E-state index >= 15 is 0 Å². The Kier molecular flexibility index (Phi) is 7.88. The van der Waals surface area contributed by atoms with E-state index in [1.807, 2.05) is 17.0 Å². The van der Waals surface area contributed by atoms with Gasteiger partial charge in [0.2, 0.25) is 5.91 Å². The zero-order valence-electron chi connectivity index (χ0n) is 16.7. The lowest BCUT2D eigenvalue weighted by atomic mass is 10.1. The molecule has 1 aliphatic rings. The smallest absolute Gasteiger partial charge is 0.223 e. The summed E-state index contributed by atoms with van der Waals surface area (Å²) in [6.07, 6.45) is 0.593. The van der Waals surface area contributed by atoms with E-state index in [0.717, 1.165) is 51.5 Å². The second kappa shape index (κ2) is 9.91. The van der Waals surface area contributed by atoms with Crippen molar-refractivity contribution in [3.8, 4) is 0 Å². The lowest BCUT2D eigenvalue weighted by Crippen LogP contribution is -2.49. The fraction of sp³-hybridized carbons (Fsp3) is 0.667. The fourth-order valence-electron chi connectivity index (χ4n) is 3.57. The minimum absolute atomic E-state index is 0.213. The van der Waals surface area contributed by atoms with Crippen LogP contribution < -0.4 is 4.90 Å². The van der Waals surface area contributed by atoms with E-state index in [0.29, 0.717) is 18.3 Å². The molecule has 26 heavy (non-hydrogen) atoms. The van der Waals surface area contributed by atoms with Crippen molar-refractivity contribution in [2.24, 2.45) is 11.8 Å². The maximum absolute atomic E-state index is 13.1. The topological polar surface area (TPSA) is 26.8 Å². The van der Waals surface area contributed by atoms with Crippen LogP contribution in [0.15, 0.2) is 24.3 Å². The van der Waals surface area contributed by atoms with E-state index in [2.05, 4.69) is 37.5 Å². The summed E-state index contributed by atoms with van der Waals surface area (Å²) in [7, 11) is 0. The third-order valence-electron chi connectivity index (χ3n) is 4.71.